The third-order valence-electron chi connectivity index (χ3n) is 7.17. The standard InChI is InChI=1S/C31H25F5O/c32-25-13-7-19(8-14-25)23-17-27(20-3-1-2-4-20)29(28(18-23)21-9-15-26(33)16-10-21)30(37)22-5-11-24(12-6-22)31(34,35)36/h5-18,20,30,37H,1-4H2. The van der Waals surface area contributed by atoms with Crippen LogP contribution in [-0.4, -0.2) is 5.11 Å². The third kappa shape index (κ3) is 5.30. The average Bonchev–Trinajstić information content (AvgIpc) is 3.43. The van der Waals surface area contributed by atoms with Gasteiger partial charge in [0.25, 0.3) is 0 Å². The van der Waals surface area contributed by atoms with Gasteiger partial charge in [-0.3, -0.25) is 0 Å². The molecule has 1 nitrogen and oxygen atoms in total. The zero-order valence-corrected chi connectivity index (χ0v) is 19.9. The van der Waals surface area contributed by atoms with Gasteiger partial charge >= 0.3 is 6.18 Å². The molecule has 4 aromatic carbocycles. The van der Waals surface area contributed by atoms with Crippen LogP contribution in [-0.2, 0) is 6.18 Å². The van der Waals surface area contributed by atoms with Gasteiger partial charge in [-0.1, -0.05) is 55.3 Å². The fraction of sp³-hybridized carbons (Fsp3) is 0.226. The van der Waals surface area contributed by atoms with E-state index in [0.717, 1.165) is 54.5 Å². The number of aliphatic hydroxyl groups is 1. The van der Waals surface area contributed by atoms with Gasteiger partial charge in [-0.15, -0.1) is 0 Å². The SMILES string of the molecule is OC(c1ccc(C(F)(F)F)cc1)c1c(-c2ccc(F)cc2)cc(-c2ccc(F)cc2)cc1C1CCCC1. The first kappa shape index (κ1) is 25.2. The van der Waals surface area contributed by atoms with Crippen LogP contribution in [0.5, 0.6) is 0 Å². The first-order valence-electron chi connectivity index (χ1n) is 12.3. The number of alkyl halides is 3. The van der Waals surface area contributed by atoms with Crippen molar-refractivity contribution in [2.75, 3.05) is 0 Å². The lowest BCUT2D eigenvalue weighted by atomic mass is 9.81. The Kier molecular flexibility index (Phi) is 6.86. The van der Waals surface area contributed by atoms with Gasteiger partial charge in [0, 0.05) is 0 Å². The van der Waals surface area contributed by atoms with Gasteiger partial charge < -0.3 is 5.11 Å². The van der Waals surface area contributed by atoms with Crippen molar-refractivity contribution >= 4 is 0 Å². The Hall–Kier alpha value is -3.51. The molecule has 1 fully saturated rings. The van der Waals surface area contributed by atoms with E-state index in [2.05, 4.69) is 0 Å². The molecule has 1 aliphatic carbocycles. The molecule has 0 radical (unpaired) electrons. The fourth-order valence-corrected chi connectivity index (χ4v) is 5.25. The van der Waals surface area contributed by atoms with Gasteiger partial charge in [0.05, 0.1) is 5.56 Å². The number of aliphatic hydroxyl groups excluding tert-OH is 1. The van der Waals surface area contributed by atoms with Crippen LogP contribution < -0.4 is 0 Å². The number of benzene rings is 4. The average molecular weight is 509 g/mol. The van der Waals surface area contributed by atoms with Crippen molar-refractivity contribution in [1.82, 2.24) is 0 Å². The molecule has 1 N–H and O–H groups in total. The maximum atomic E-state index is 13.8. The summed E-state index contributed by atoms with van der Waals surface area (Å²) in [7, 11) is 0. The number of hydrogen-bond donors (Lipinski definition) is 1. The van der Waals surface area contributed by atoms with Crippen LogP contribution in [0.1, 0.15) is 60.0 Å². The molecule has 0 bridgehead atoms. The largest absolute Gasteiger partial charge is 0.416 e. The van der Waals surface area contributed by atoms with Gasteiger partial charge in [-0.05, 0) is 100 Å². The zero-order valence-electron chi connectivity index (χ0n) is 19.9. The van der Waals surface area contributed by atoms with Crippen LogP contribution in [0.25, 0.3) is 22.3 Å². The van der Waals surface area contributed by atoms with Crippen LogP contribution in [0.3, 0.4) is 0 Å². The Morgan fingerprint density at radius 3 is 1.76 bits per heavy atom. The summed E-state index contributed by atoms with van der Waals surface area (Å²) in [6.07, 6.45) is -1.76. The topological polar surface area (TPSA) is 20.2 Å². The molecule has 1 atom stereocenters. The molecule has 0 saturated heterocycles. The van der Waals surface area contributed by atoms with Gasteiger partial charge in [0.2, 0.25) is 0 Å². The summed E-state index contributed by atoms with van der Waals surface area (Å²) in [5.41, 5.74) is 4.01. The molecule has 0 heterocycles. The summed E-state index contributed by atoms with van der Waals surface area (Å²) in [4.78, 5) is 0. The highest BCUT2D eigenvalue weighted by Crippen LogP contribution is 2.45. The molecule has 0 aromatic heterocycles. The maximum Gasteiger partial charge on any atom is 0.416 e. The van der Waals surface area contributed by atoms with Crippen molar-refractivity contribution in [2.24, 2.45) is 0 Å². The van der Waals surface area contributed by atoms with E-state index in [0.29, 0.717) is 22.3 Å². The summed E-state index contributed by atoms with van der Waals surface area (Å²) >= 11 is 0. The predicted octanol–water partition coefficient (Wildman–Crippen LogP) is 9.06. The minimum Gasteiger partial charge on any atom is -0.384 e. The van der Waals surface area contributed by atoms with E-state index in [1.807, 2.05) is 12.1 Å². The lowest BCUT2D eigenvalue weighted by molar-refractivity contribution is -0.137. The Morgan fingerprint density at radius 1 is 0.676 bits per heavy atom. The minimum absolute atomic E-state index is 0.152. The lowest BCUT2D eigenvalue weighted by Crippen LogP contribution is -2.10. The normalized spacial score (nSPS) is 15.2. The van der Waals surface area contributed by atoms with E-state index in [1.165, 1.54) is 36.4 Å². The summed E-state index contributed by atoms with van der Waals surface area (Å²) < 4.78 is 66.9. The molecule has 1 aliphatic rings. The van der Waals surface area contributed by atoms with E-state index in [1.54, 1.807) is 24.3 Å². The summed E-state index contributed by atoms with van der Waals surface area (Å²) in [5.74, 6) is -0.606. The van der Waals surface area contributed by atoms with E-state index in [-0.39, 0.29) is 11.7 Å². The fourth-order valence-electron chi connectivity index (χ4n) is 5.25. The highest BCUT2D eigenvalue weighted by molar-refractivity contribution is 5.78. The first-order chi connectivity index (χ1) is 17.7. The summed E-state index contributed by atoms with van der Waals surface area (Å²) in [6, 6.07) is 20.5. The van der Waals surface area contributed by atoms with Crippen LogP contribution >= 0.6 is 0 Å². The Bertz CT molecular complexity index is 1370. The molecular formula is C31H25F5O. The van der Waals surface area contributed by atoms with Crippen molar-refractivity contribution < 1.29 is 27.1 Å². The second-order valence-corrected chi connectivity index (χ2v) is 9.54. The third-order valence-corrected chi connectivity index (χ3v) is 7.17. The quantitative estimate of drug-likeness (QED) is 0.267. The maximum absolute atomic E-state index is 13.8. The molecule has 1 saturated carbocycles. The van der Waals surface area contributed by atoms with Crippen LogP contribution in [0.15, 0.2) is 84.9 Å². The molecule has 0 aliphatic heterocycles. The smallest absolute Gasteiger partial charge is 0.384 e. The highest BCUT2D eigenvalue weighted by Gasteiger charge is 2.31. The number of hydrogen-bond acceptors (Lipinski definition) is 1. The zero-order chi connectivity index (χ0) is 26.2. The first-order valence-corrected chi connectivity index (χ1v) is 12.3. The van der Waals surface area contributed by atoms with Crippen molar-refractivity contribution in [3.05, 3.63) is 119 Å². The van der Waals surface area contributed by atoms with E-state index in [9.17, 15) is 27.1 Å². The molecule has 6 heteroatoms. The van der Waals surface area contributed by atoms with Gasteiger partial charge in [-0.2, -0.15) is 13.2 Å². The van der Waals surface area contributed by atoms with E-state index in [4.69, 9.17) is 0 Å². The van der Waals surface area contributed by atoms with Gasteiger partial charge in [-0.25, -0.2) is 8.78 Å². The molecule has 4 aromatic rings. The molecule has 37 heavy (non-hydrogen) atoms. The molecule has 1 unspecified atom stereocenters. The van der Waals surface area contributed by atoms with Gasteiger partial charge in [0.15, 0.2) is 0 Å². The number of halogens is 5. The molecule has 0 spiro atoms. The molecule has 5 rings (SSSR count). The van der Waals surface area contributed by atoms with Crippen LogP contribution in [0.2, 0.25) is 0 Å². The van der Waals surface area contributed by atoms with Crippen LogP contribution in [0.4, 0.5) is 22.0 Å². The van der Waals surface area contributed by atoms with Gasteiger partial charge in [0.1, 0.15) is 17.7 Å². The van der Waals surface area contributed by atoms with Crippen molar-refractivity contribution in [2.45, 2.75) is 43.9 Å². The molecular weight excluding hydrogens is 483 g/mol. The number of rotatable bonds is 5. The summed E-state index contributed by atoms with van der Waals surface area (Å²) in [6.45, 7) is 0. The molecule has 190 valence electrons. The van der Waals surface area contributed by atoms with Crippen LogP contribution in [0, 0.1) is 11.6 Å². The predicted molar refractivity (Wildman–Crippen MR) is 134 cm³/mol. The second kappa shape index (κ2) is 10.1. The van der Waals surface area contributed by atoms with Crippen molar-refractivity contribution in [1.29, 1.82) is 0 Å². The minimum atomic E-state index is -4.48. The Morgan fingerprint density at radius 2 is 1.22 bits per heavy atom. The van der Waals surface area contributed by atoms with Crippen molar-refractivity contribution in [3.63, 3.8) is 0 Å². The van der Waals surface area contributed by atoms with Crippen molar-refractivity contribution in [3.8, 4) is 22.3 Å². The van der Waals surface area contributed by atoms with E-state index < -0.39 is 23.7 Å². The molecule has 0 amide bonds. The summed E-state index contributed by atoms with van der Waals surface area (Å²) in [5, 5.41) is 11.6. The second-order valence-electron chi connectivity index (χ2n) is 9.54. The lowest BCUT2D eigenvalue weighted by Gasteiger charge is -2.25. The monoisotopic (exact) mass is 508 g/mol. The Labute approximate surface area is 212 Å². The Balaban J connectivity index is 1.72. The van der Waals surface area contributed by atoms with E-state index >= 15 is 0 Å². The highest BCUT2D eigenvalue weighted by atomic mass is 19.4.